The third-order valence-corrected chi connectivity index (χ3v) is 3.77. The number of rotatable bonds is 3. The normalized spacial score (nSPS) is 17.8. The first-order chi connectivity index (χ1) is 11.6. The second kappa shape index (κ2) is 6.74. The van der Waals surface area contributed by atoms with Crippen molar-refractivity contribution in [2.45, 2.75) is 26.4 Å². The zero-order chi connectivity index (χ0) is 17.1. The fourth-order valence-corrected chi connectivity index (χ4v) is 2.65. The summed E-state index contributed by atoms with van der Waals surface area (Å²) in [5, 5.41) is 18.9. The van der Waals surface area contributed by atoms with Gasteiger partial charge >= 0.3 is 0 Å². The molecule has 0 saturated heterocycles. The molecule has 5 heteroatoms. The van der Waals surface area contributed by atoms with Crippen LogP contribution >= 0.6 is 0 Å². The number of fused-ring (bicyclic) bond motifs is 1. The van der Waals surface area contributed by atoms with Crippen LogP contribution in [0.3, 0.4) is 0 Å². The van der Waals surface area contributed by atoms with E-state index in [0.717, 1.165) is 11.3 Å². The van der Waals surface area contributed by atoms with Gasteiger partial charge in [-0.2, -0.15) is 10.2 Å². The summed E-state index contributed by atoms with van der Waals surface area (Å²) in [6.45, 7) is 3.76. The summed E-state index contributed by atoms with van der Waals surface area (Å²) >= 11 is 0. The molecule has 0 saturated carbocycles. The Morgan fingerprint density at radius 3 is 2.62 bits per heavy atom. The van der Waals surface area contributed by atoms with Gasteiger partial charge in [0.15, 0.2) is 0 Å². The number of phenols is 1. The summed E-state index contributed by atoms with van der Waals surface area (Å²) in [6, 6.07) is 13.3. The third-order valence-electron chi connectivity index (χ3n) is 3.77. The van der Waals surface area contributed by atoms with Crippen LogP contribution in [0.1, 0.15) is 37.5 Å². The van der Waals surface area contributed by atoms with Crippen molar-refractivity contribution in [3.05, 3.63) is 53.6 Å². The molecule has 1 aliphatic heterocycles. The largest absolute Gasteiger partial charge is 0.507 e. The molecular weight excluding hydrogens is 304 g/mol. The number of hydrogen-bond acceptors (Lipinski definition) is 5. The highest BCUT2D eigenvalue weighted by molar-refractivity contribution is 6.06. The summed E-state index contributed by atoms with van der Waals surface area (Å²) in [5.74, 6) is 1.17. The Labute approximate surface area is 141 Å². The highest BCUT2D eigenvalue weighted by Crippen LogP contribution is 2.42. The minimum atomic E-state index is -0.184. The van der Waals surface area contributed by atoms with Crippen LogP contribution in [0.2, 0.25) is 0 Å². The monoisotopic (exact) mass is 324 g/mol. The second-order valence-electron chi connectivity index (χ2n) is 5.83. The van der Waals surface area contributed by atoms with Crippen molar-refractivity contribution in [2.24, 2.45) is 10.2 Å². The smallest absolute Gasteiger partial charge is 0.136 e. The van der Waals surface area contributed by atoms with E-state index in [0.29, 0.717) is 29.2 Å². The zero-order valence-electron chi connectivity index (χ0n) is 14.0. The van der Waals surface area contributed by atoms with Crippen molar-refractivity contribution in [1.29, 1.82) is 0 Å². The number of hydrogen-bond donors (Lipinski definition) is 1. The molecule has 5 nitrogen and oxygen atoms in total. The molecule has 2 aromatic rings. The van der Waals surface area contributed by atoms with Gasteiger partial charge in [0.25, 0.3) is 0 Å². The van der Waals surface area contributed by atoms with Crippen LogP contribution in [-0.2, 0) is 0 Å². The lowest BCUT2D eigenvalue weighted by Crippen LogP contribution is -2.21. The number of aromatic hydroxyl groups is 1. The Hall–Kier alpha value is -2.82. The number of nitrogens with zero attached hydrogens (tertiary/aromatic N) is 2. The second-order valence-corrected chi connectivity index (χ2v) is 5.83. The average Bonchev–Trinajstić information content (AvgIpc) is 2.59. The molecular formula is C19H20N2O3. The lowest BCUT2D eigenvalue weighted by atomic mass is 9.95. The highest BCUT2D eigenvalue weighted by Gasteiger charge is 2.29. The van der Waals surface area contributed by atoms with E-state index in [2.05, 4.69) is 10.2 Å². The van der Waals surface area contributed by atoms with E-state index >= 15 is 0 Å². The molecule has 0 spiro atoms. The van der Waals surface area contributed by atoms with Gasteiger partial charge in [0.2, 0.25) is 0 Å². The van der Waals surface area contributed by atoms with E-state index in [9.17, 15) is 5.11 Å². The van der Waals surface area contributed by atoms with Gasteiger partial charge < -0.3 is 14.6 Å². The molecule has 2 aromatic carbocycles. The summed E-state index contributed by atoms with van der Waals surface area (Å²) in [5.41, 5.74) is 3.18. The van der Waals surface area contributed by atoms with Gasteiger partial charge in [0, 0.05) is 24.3 Å². The maximum Gasteiger partial charge on any atom is 0.136 e. The van der Waals surface area contributed by atoms with Crippen molar-refractivity contribution in [1.82, 2.24) is 0 Å². The van der Waals surface area contributed by atoms with Crippen LogP contribution < -0.4 is 9.47 Å². The fraction of sp³-hybridized carbons (Fsp3) is 0.263. The summed E-state index contributed by atoms with van der Waals surface area (Å²) in [6.07, 6.45) is 0.351. The minimum absolute atomic E-state index is 0.0820. The van der Waals surface area contributed by atoms with Crippen molar-refractivity contribution < 1.29 is 14.6 Å². The van der Waals surface area contributed by atoms with E-state index in [-0.39, 0.29) is 11.9 Å². The van der Waals surface area contributed by atoms with Crippen LogP contribution in [0.4, 0.5) is 0 Å². The molecule has 0 aliphatic carbocycles. The van der Waals surface area contributed by atoms with Gasteiger partial charge in [-0.05, 0) is 19.4 Å². The van der Waals surface area contributed by atoms with Gasteiger partial charge in [-0.15, -0.1) is 0 Å². The van der Waals surface area contributed by atoms with Gasteiger partial charge in [0.05, 0.1) is 18.4 Å². The van der Waals surface area contributed by atoms with Gasteiger partial charge in [-0.25, -0.2) is 0 Å². The Kier molecular flexibility index (Phi) is 4.51. The Morgan fingerprint density at radius 1 is 1.21 bits per heavy atom. The molecule has 0 bridgehead atoms. The summed E-state index contributed by atoms with van der Waals surface area (Å²) in [7, 11) is 1.55. The minimum Gasteiger partial charge on any atom is -0.507 e. The van der Waals surface area contributed by atoms with E-state index in [4.69, 9.17) is 9.47 Å². The highest BCUT2D eigenvalue weighted by atomic mass is 16.5. The van der Waals surface area contributed by atoms with Crippen molar-refractivity contribution in [2.75, 3.05) is 7.11 Å². The van der Waals surface area contributed by atoms with Crippen LogP contribution in [0, 0.1) is 0 Å². The molecule has 1 heterocycles. The Bertz CT molecular complexity index is 794. The zero-order valence-corrected chi connectivity index (χ0v) is 14.0. The third kappa shape index (κ3) is 3.25. The topological polar surface area (TPSA) is 63.4 Å². The maximum absolute atomic E-state index is 10.4. The molecule has 3 rings (SSSR count). The number of benzene rings is 2. The van der Waals surface area contributed by atoms with Crippen molar-refractivity contribution >= 4 is 11.4 Å². The molecule has 0 aromatic heterocycles. The lowest BCUT2D eigenvalue weighted by molar-refractivity contribution is 0.204. The van der Waals surface area contributed by atoms with E-state index in [1.807, 2.05) is 44.2 Å². The van der Waals surface area contributed by atoms with Gasteiger partial charge in [-0.3, -0.25) is 0 Å². The van der Waals surface area contributed by atoms with Crippen LogP contribution in [0.5, 0.6) is 17.2 Å². The van der Waals surface area contributed by atoms with Crippen LogP contribution in [0.25, 0.3) is 0 Å². The van der Waals surface area contributed by atoms with Crippen molar-refractivity contribution in [3.8, 4) is 17.2 Å². The number of ether oxygens (including phenoxy) is 2. The van der Waals surface area contributed by atoms with Crippen molar-refractivity contribution in [3.63, 3.8) is 0 Å². The lowest BCUT2D eigenvalue weighted by Gasteiger charge is -2.28. The van der Waals surface area contributed by atoms with E-state index < -0.39 is 0 Å². The molecule has 24 heavy (non-hydrogen) atoms. The first kappa shape index (κ1) is 16.1. The molecule has 0 radical (unpaired) electrons. The Balaban J connectivity index is 2.10. The first-order valence-electron chi connectivity index (χ1n) is 7.79. The molecule has 1 N–H and O–H groups in total. The standard InChI is InChI=1S/C19H20N2O3/c1-12(2)20-21-15-11-17(13-7-5-4-6-8-13)24-18-10-14(23-3)9-16(22)19(15)18/h4-10,17,22H,11H2,1-3H3/b21-15+/t17-/m1/s1. The van der Waals surface area contributed by atoms with Gasteiger partial charge in [0.1, 0.15) is 23.4 Å². The number of phenolic OH excluding ortho intramolecular Hbond substituents is 1. The molecule has 1 aliphatic rings. The fourth-order valence-electron chi connectivity index (χ4n) is 2.65. The molecule has 0 amide bonds. The maximum atomic E-state index is 10.4. The quantitative estimate of drug-likeness (QED) is 0.682. The molecule has 0 fully saturated rings. The van der Waals surface area contributed by atoms with E-state index in [1.165, 1.54) is 0 Å². The average molecular weight is 324 g/mol. The Morgan fingerprint density at radius 2 is 1.96 bits per heavy atom. The molecule has 124 valence electrons. The van der Waals surface area contributed by atoms with Gasteiger partial charge in [-0.1, -0.05) is 30.3 Å². The summed E-state index contributed by atoms with van der Waals surface area (Å²) < 4.78 is 11.3. The summed E-state index contributed by atoms with van der Waals surface area (Å²) in [4.78, 5) is 0. The molecule has 1 atom stereocenters. The molecule has 0 unspecified atom stereocenters. The SMILES string of the molecule is COc1cc(O)c2c(c1)O[C@@H](c1ccccc1)C/C2=N\N=C(C)C. The number of methoxy groups -OCH3 is 1. The van der Waals surface area contributed by atoms with Crippen LogP contribution in [0.15, 0.2) is 52.7 Å². The first-order valence-corrected chi connectivity index (χ1v) is 7.79. The predicted octanol–water partition coefficient (Wildman–Crippen LogP) is 4.11. The predicted molar refractivity (Wildman–Crippen MR) is 94.4 cm³/mol. The van der Waals surface area contributed by atoms with Crippen LogP contribution in [-0.4, -0.2) is 23.6 Å². The van der Waals surface area contributed by atoms with E-state index in [1.54, 1.807) is 19.2 Å².